The van der Waals surface area contributed by atoms with Crippen molar-refractivity contribution < 1.29 is 19.1 Å². The van der Waals surface area contributed by atoms with Crippen molar-refractivity contribution in [3.63, 3.8) is 0 Å². The minimum Gasteiger partial charge on any atom is -0.491 e. The van der Waals surface area contributed by atoms with Crippen LogP contribution in [0.5, 0.6) is 5.75 Å². The van der Waals surface area contributed by atoms with E-state index in [-0.39, 0.29) is 18.4 Å². The van der Waals surface area contributed by atoms with Gasteiger partial charge in [-0.3, -0.25) is 14.6 Å². The van der Waals surface area contributed by atoms with Gasteiger partial charge in [-0.2, -0.15) is 0 Å². The minimum atomic E-state index is -1.05. The topological polar surface area (TPSA) is 72.0 Å². The molecule has 0 radical (unpaired) electrons. The van der Waals surface area contributed by atoms with Crippen LogP contribution < -0.4 is 4.74 Å². The third-order valence-electron chi connectivity index (χ3n) is 7.24. The van der Waals surface area contributed by atoms with Gasteiger partial charge in [-0.25, -0.2) is 0 Å². The Balaban J connectivity index is 1.39. The fourth-order valence-electron chi connectivity index (χ4n) is 5.25. The minimum absolute atomic E-state index is 0.0587. The molecule has 7 nitrogen and oxygen atoms in total. The van der Waals surface area contributed by atoms with Gasteiger partial charge in [0.15, 0.2) is 5.60 Å². The summed E-state index contributed by atoms with van der Waals surface area (Å²) in [5.74, 6) is 0.720. The van der Waals surface area contributed by atoms with Crippen LogP contribution >= 0.6 is 0 Å². The lowest BCUT2D eigenvalue weighted by atomic mass is 9.90. The molecule has 1 spiro atoms. The Bertz CT molecular complexity index is 1250. The summed E-state index contributed by atoms with van der Waals surface area (Å²) >= 11 is 0. The van der Waals surface area contributed by atoms with Crippen molar-refractivity contribution in [1.82, 2.24) is 14.8 Å². The Hall–Kier alpha value is -3.45. The van der Waals surface area contributed by atoms with Gasteiger partial charge in [-0.1, -0.05) is 36.4 Å². The first-order valence-corrected chi connectivity index (χ1v) is 12.9. The van der Waals surface area contributed by atoms with Gasteiger partial charge in [0, 0.05) is 24.7 Å². The van der Waals surface area contributed by atoms with Crippen LogP contribution in [-0.2, 0) is 16.0 Å². The first kappa shape index (κ1) is 24.3. The number of amides is 2. The van der Waals surface area contributed by atoms with Crippen LogP contribution in [0.4, 0.5) is 0 Å². The van der Waals surface area contributed by atoms with E-state index in [0.29, 0.717) is 44.8 Å². The van der Waals surface area contributed by atoms with E-state index in [0.717, 1.165) is 35.9 Å². The van der Waals surface area contributed by atoms with Gasteiger partial charge in [-0.15, -0.1) is 0 Å². The first-order chi connectivity index (χ1) is 17.6. The van der Waals surface area contributed by atoms with E-state index >= 15 is 0 Å². The molecule has 0 saturated carbocycles. The highest BCUT2D eigenvalue weighted by atomic mass is 16.5. The number of benzene rings is 2. The molecule has 1 unspecified atom stereocenters. The largest absolute Gasteiger partial charge is 0.491 e. The summed E-state index contributed by atoms with van der Waals surface area (Å²) in [6.45, 7) is 4.43. The van der Waals surface area contributed by atoms with Gasteiger partial charge in [0.1, 0.15) is 12.4 Å². The van der Waals surface area contributed by atoms with Crippen LogP contribution in [0.3, 0.4) is 0 Å². The van der Waals surface area contributed by atoms with Gasteiger partial charge < -0.3 is 19.3 Å². The quantitative estimate of drug-likeness (QED) is 0.544. The van der Waals surface area contributed by atoms with E-state index in [2.05, 4.69) is 11.1 Å². The van der Waals surface area contributed by atoms with Crippen molar-refractivity contribution in [2.45, 2.75) is 38.2 Å². The maximum atomic E-state index is 13.9. The SMILES string of the molecule is CCN1CCOc2ccccc2CCCCC2(CN(C(=O)c3cnc4ccccc4c3)CCO2)C1=O. The standard InChI is InChI=1S/C29H33N3O4/c1-2-31-15-17-35-26-13-6-4-9-22(26)10-7-8-14-29(28(31)34)21-32(16-18-36-29)27(33)24-19-23-11-3-5-12-25(23)30-20-24/h3-6,9,11-13,19-20H,2,7-8,10,14-18,21H2,1H3. The van der Waals surface area contributed by atoms with E-state index in [1.807, 2.05) is 55.5 Å². The van der Waals surface area contributed by atoms with Gasteiger partial charge >= 0.3 is 0 Å². The molecule has 1 atom stereocenters. The van der Waals surface area contributed by atoms with Gasteiger partial charge in [0.05, 0.1) is 30.8 Å². The van der Waals surface area contributed by atoms with Crippen molar-refractivity contribution >= 4 is 22.7 Å². The Morgan fingerprint density at radius 3 is 2.78 bits per heavy atom. The summed E-state index contributed by atoms with van der Waals surface area (Å²) in [6, 6.07) is 17.7. The van der Waals surface area contributed by atoms with Gasteiger partial charge in [-0.05, 0) is 56.4 Å². The third kappa shape index (κ3) is 4.93. The average Bonchev–Trinajstić information content (AvgIpc) is 2.92. The zero-order chi connectivity index (χ0) is 25.0. The Kier molecular flexibility index (Phi) is 7.18. The molecule has 1 fully saturated rings. The van der Waals surface area contributed by atoms with Crippen molar-refractivity contribution in [2.75, 3.05) is 39.4 Å². The molecular weight excluding hydrogens is 454 g/mol. The highest BCUT2D eigenvalue weighted by Crippen LogP contribution is 2.30. The predicted molar refractivity (Wildman–Crippen MR) is 138 cm³/mol. The number of morpholine rings is 1. The van der Waals surface area contributed by atoms with Crippen molar-refractivity contribution in [3.05, 3.63) is 71.9 Å². The fraction of sp³-hybridized carbons (Fsp3) is 0.414. The third-order valence-corrected chi connectivity index (χ3v) is 7.24. The lowest BCUT2D eigenvalue weighted by Gasteiger charge is -2.44. The van der Waals surface area contributed by atoms with E-state index < -0.39 is 5.60 Å². The van der Waals surface area contributed by atoms with E-state index in [4.69, 9.17) is 9.47 Å². The number of para-hydroxylation sites is 2. The second-order valence-corrected chi connectivity index (χ2v) is 9.53. The average molecular weight is 488 g/mol. The number of carbonyl (C=O) groups excluding carboxylic acids is 2. The van der Waals surface area contributed by atoms with Crippen LogP contribution in [0.25, 0.3) is 10.9 Å². The molecule has 5 rings (SSSR count). The second-order valence-electron chi connectivity index (χ2n) is 9.53. The Morgan fingerprint density at radius 2 is 1.89 bits per heavy atom. The van der Waals surface area contributed by atoms with E-state index in [1.165, 1.54) is 5.56 Å². The molecule has 1 saturated heterocycles. The van der Waals surface area contributed by atoms with Crippen LogP contribution in [0, 0.1) is 0 Å². The molecule has 188 valence electrons. The van der Waals surface area contributed by atoms with Crippen molar-refractivity contribution in [1.29, 1.82) is 0 Å². The lowest BCUT2D eigenvalue weighted by molar-refractivity contribution is -0.170. The molecule has 2 amide bonds. The van der Waals surface area contributed by atoms with E-state index in [1.54, 1.807) is 16.0 Å². The lowest BCUT2D eigenvalue weighted by Crippen LogP contribution is -2.62. The number of pyridine rings is 1. The monoisotopic (exact) mass is 487 g/mol. The molecule has 2 aliphatic rings. The molecule has 2 aliphatic heterocycles. The molecule has 36 heavy (non-hydrogen) atoms. The number of nitrogens with zero attached hydrogens (tertiary/aromatic N) is 3. The number of ether oxygens (including phenoxy) is 2. The summed E-state index contributed by atoms with van der Waals surface area (Å²) in [5, 5.41) is 0.922. The summed E-state index contributed by atoms with van der Waals surface area (Å²) in [7, 11) is 0. The molecule has 0 aliphatic carbocycles. The van der Waals surface area contributed by atoms with Crippen LogP contribution in [0.1, 0.15) is 42.1 Å². The van der Waals surface area contributed by atoms with Crippen molar-refractivity contribution in [3.8, 4) is 5.75 Å². The Labute approximate surface area is 212 Å². The van der Waals surface area contributed by atoms with Gasteiger partial charge in [0.2, 0.25) is 0 Å². The number of hydrogen-bond acceptors (Lipinski definition) is 5. The smallest absolute Gasteiger partial charge is 0.256 e. The van der Waals surface area contributed by atoms with Crippen LogP contribution in [0.15, 0.2) is 60.8 Å². The molecule has 3 aromatic rings. The fourth-order valence-corrected chi connectivity index (χ4v) is 5.25. The Morgan fingerprint density at radius 1 is 1.06 bits per heavy atom. The zero-order valence-corrected chi connectivity index (χ0v) is 20.8. The maximum absolute atomic E-state index is 13.9. The molecular formula is C29H33N3O4. The molecule has 1 aromatic heterocycles. The predicted octanol–water partition coefficient (Wildman–Crippen LogP) is 4.10. The molecule has 0 N–H and O–H groups in total. The molecule has 7 heteroatoms. The number of fused-ring (bicyclic) bond motifs is 2. The first-order valence-electron chi connectivity index (χ1n) is 12.9. The number of aromatic nitrogens is 1. The van der Waals surface area contributed by atoms with E-state index in [9.17, 15) is 9.59 Å². The van der Waals surface area contributed by atoms with Gasteiger partial charge in [0.25, 0.3) is 11.8 Å². The van der Waals surface area contributed by atoms with Crippen LogP contribution in [-0.4, -0.2) is 71.6 Å². The summed E-state index contributed by atoms with van der Waals surface area (Å²) in [5.41, 5.74) is 1.52. The highest BCUT2D eigenvalue weighted by molar-refractivity contribution is 5.98. The highest BCUT2D eigenvalue weighted by Gasteiger charge is 2.46. The number of carbonyl (C=O) groups is 2. The number of hydrogen-bond donors (Lipinski definition) is 0. The summed E-state index contributed by atoms with van der Waals surface area (Å²) in [6.07, 6.45) is 4.81. The number of likely N-dealkylation sites (N-methyl/N-ethyl adjacent to an activating group) is 1. The number of rotatable bonds is 2. The van der Waals surface area contributed by atoms with Crippen molar-refractivity contribution in [2.24, 2.45) is 0 Å². The number of aryl methyl sites for hydroxylation is 1. The summed E-state index contributed by atoms with van der Waals surface area (Å²) in [4.78, 5) is 35.4. The molecule has 2 aromatic carbocycles. The second kappa shape index (κ2) is 10.7. The maximum Gasteiger partial charge on any atom is 0.256 e. The zero-order valence-electron chi connectivity index (χ0n) is 20.8. The van der Waals surface area contributed by atoms with Crippen LogP contribution in [0.2, 0.25) is 0 Å². The molecule has 3 heterocycles. The molecule has 0 bridgehead atoms. The normalized spacial score (nSPS) is 21.4. The summed E-state index contributed by atoms with van der Waals surface area (Å²) < 4.78 is 12.3.